The summed E-state index contributed by atoms with van der Waals surface area (Å²) in [5.41, 5.74) is 13.4. The van der Waals surface area contributed by atoms with E-state index in [1.165, 1.54) is 25.3 Å². The third kappa shape index (κ3) is 21.5. The van der Waals surface area contributed by atoms with Crippen LogP contribution < -0.4 is 22.7 Å². The van der Waals surface area contributed by atoms with E-state index in [0.29, 0.717) is 92.6 Å². The maximum absolute atomic E-state index is 12.2. The van der Waals surface area contributed by atoms with E-state index >= 15 is 0 Å². The second-order valence-electron chi connectivity index (χ2n) is 24.5. The highest BCUT2D eigenvalue weighted by atomic mass is 127. The van der Waals surface area contributed by atoms with Crippen molar-refractivity contribution in [1.29, 1.82) is 0 Å². The molecule has 0 radical (unpaired) electrons. The quantitative estimate of drug-likeness (QED) is 0.0374. The molecule has 4 saturated heterocycles. The van der Waals surface area contributed by atoms with Gasteiger partial charge in [-0.1, -0.05) is 37.0 Å². The number of hydrogen-bond acceptors (Lipinski definition) is 24. The number of aromatic nitrogens is 16. The number of nitrogens with one attached hydrogen (secondary N) is 2. The molecule has 12 rings (SSSR count). The van der Waals surface area contributed by atoms with Gasteiger partial charge in [-0.25, -0.2) is 74.2 Å². The molecule has 0 bridgehead atoms. The Morgan fingerprint density at radius 1 is 0.532 bits per heavy atom. The van der Waals surface area contributed by atoms with Gasteiger partial charge in [-0.3, -0.25) is 5.10 Å². The lowest BCUT2D eigenvalue weighted by molar-refractivity contribution is 0.00979. The van der Waals surface area contributed by atoms with Gasteiger partial charge >= 0.3 is 18.3 Å². The lowest BCUT2D eigenvalue weighted by atomic mass is 10.1. The Labute approximate surface area is 610 Å². The van der Waals surface area contributed by atoms with Crippen LogP contribution >= 0.6 is 114 Å². The summed E-state index contributed by atoms with van der Waals surface area (Å²) in [7, 11) is 0. The molecule has 8 aromatic rings. The summed E-state index contributed by atoms with van der Waals surface area (Å²) in [5.74, 6) is 4.46. The van der Waals surface area contributed by atoms with Crippen LogP contribution in [0, 0.1) is 14.8 Å². The predicted molar refractivity (Wildman–Crippen MR) is 391 cm³/mol. The van der Waals surface area contributed by atoms with Crippen LogP contribution in [-0.4, -0.2) is 198 Å². The summed E-state index contributed by atoms with van der Waals surface area (Å²) >= 11 is 20.5. The fraction of sp³-hybridized carbons (Fsp3) is 0.596. The Hall–Kier alpha value is -5.05. The number of halogens is 6. The second-order valence-corrected chi connectivity index (χ2v) is 29.3. The number of amides is 3. The molecule has 12 heterocycles. The molecule has 0 spiro atoms. The van der Waals surface area contributed by atoms with Crippen molar-refractivity contribution in [2.24, 2.45) is 5.90 Å². The lowest BCUT2D eigenvalue weighted by Gasteiger charge is -2.33. The molecule has 0 aliphatic carbocycles. The van der Waals surface area contributed by atoms with Crippen LogP contribution in [0.1, 0.15) is 147 Å². The number of piperidine rings is 4. The first kappa shape index (κ1) is 76.3. The molecule has 4 fully saturated rings. The number of anilines is 2. The number of hydrogen-bond donors (Lipinski definition) is 7. The Bertz CT molecular complexity index is 3670. The van der Waals surface area contributed by atoms with Crippen molar-refractivity contribution >= 4 is 188 Å². The standard InChI is InChI=1S/C15H19ClIN5O2.C15H21IN6O2.C10H13IN6.C10H19NO3.C5H2ClIN4.C2H6.H3NO/c1-15(2,3)24-14(23)21-6-4-9(5-7-21)22-13-10(12(17)20-22)11(16)18-8-19-13;1-15(2,3)24-14(23)21-6-4-9(5-7-21)22-13-10(11(16)20-22)12(17)18-8-19-13;11-8-7-9(12)14-5-15-10(7)17(16-8)6-1-3-13-4-2-6;1-10(2,3)14-9(13)11-6-4-8(12)5-7-11;6-3-2-4(7)10-11-5(2)9-1-8-3;2*1-2/h8-9H,4-7H2,1-3H3;8-9H,4-7H2,1-3H3,(H2,17,18,19);5-6,13H,1-4H2,(H2,12,14,15);8,12H,4-7H2,1-3H3;1H,(H,8,9,10,11);1-2H3;2H,1H2/i;;;;;1D;. The molecule has 3 amide bonds. The van der Waals surface area contributed by atoms with E-state index < -0.39 is 16.8 Å². The zero-order chi connectivity index (χ0) is 70.1. The third-order valence-electron chi connectivity index (χ3n) is 14.3. The highest BCUT2D eigenvalue weighted by Gasteiger charge is 2.32. The molecule has 37 heteroatoms. The summed E-state index contributed by atoms with van der Waals surface area (Å²) in [6.45, 7) is 24.9. The minimum Gasteiger partial charge on any atom is -0.444 e. The highest BCUT2D eigenvalue weighted by Crippen LogP contribution is 2.34. The summed E-state index contributed by atoms with van der Waals surface area (Å²) in [4.78, 5) is 73.8. The average Bonchev–Trinajstić information content (AvgIpc) is 1.66. The van der Waals surface area contributed by atoms with E-state index in [-0.39, 0.29) is 36.5 Å². The molecule has 8 aromatic heterocycles. The summed E-state index contributed by atoms with van der Waals surface area (Å²) in [5, 5.41) is 43.6. The Kier molecular flexibility index (Phi) is 28.8. The van der Waals surface area contributed by atoms with E-state index in [0.717, 1.165) is 105 Å². The number of aromatic amines is 1. The Morgan fingerprint density at radius 2 is 0.851 bits per heavy atom. The molecule has 0 atom stereocenters. The largest absolute Gasteiger partial charge is 0.444 e. The number of carbonyl (C=O) groups is 3. The van der Waals surface area contributed by atoms with Crippen LogP contribution in [-0.2, 0) is 14.2 Å². The minimum absolute atomic E-state index is 0.181. The van der Waals surface area contributed by atoms with Crippen LogP contribution in [0.2, 0.25) is 10.3 Å². The van der Waals surface area contributed by atoms with Crippen molar-refractivity contribution in [3.63, 3.8) is 0 Å². The van der Waals surface area contributed by atoms with Crippen molar-refractivity contribution in [2.45, 2.75) is 169 Å². The van der Waals surface area contributed by atoms with Gasteiger partial charge < -0.3 is 56.0 Å². The zero-order valence-electron chi connectivity index (χ0n) is 55.0. The van der Waals surface area contributed by atoms with Crippen molar-refractivity contribution in [1.82, 2.24) is 99.4 Å². The van der Waals surface area contributed by atoms with E-state index in [2.05, 4.69) is 167 Å². The number of likely N-dealkylation sites (tertiary alicyclic amines) is 3. The fourth-order valence-electron chi connectivity index (χ4n) is 10.0. The molecule has 94 heavy (non-hydrogen) atoms. The van der Waals surface area contributed by atoms with E-state index in [4.69, 9.17) is 55.5 Å². The van der Waals surface area contributed by atoms with Gasteiger partial charge in [0, 0.05) is 40.6 Å². The van der Waals surface area contributed by atoms with E-state index in [9.17, 15) is 19.5 Å². The number of carbonyl (C=O) groups excluding carboxylic acids is 3. The maximum Gasteiger partial charge on any atom is 0.410 e. The average molecular weight is 1800 g/mol. The molecule has 0 aromatic carbocycles. The van der Waals surface area contributed by atoms with Crippen molar-refractivity contribution in [2.75, 3.05) is 63.8 Å². The molecule has 516 valence electrons. The normalized spacial score (nSPS) is 16.1. The zero-order valence-corrected chi connectivity index (χ0v) is 64.2. The Morgan fingerprint density at radius 3 is 1.22 bits per heavy atom. The number of H-pyrrole nitrogens is 1. The number of aliphatic hydroxyl groups excluding tert-OH is 1. The third-order valence-corrected chi connectivity index (χ3v) is 17.9. The molecule has 4 aliphatic rings. The molecule has 31 nitrogen and oxygen atoms in total. The molecule has 10 N–H and O–H groups in total. The molecule has 0 saturated carbocycles. The second kappa shape index (κ2) is 35.5. The fourth-order valence-corrected chi connectivity index (χ4v) is 13.6. The predicted octanol–water partition coefficient (Wildman–Crippen LogP) is 10.5. The maximum atomic E-state index is 12.2. The smallest absolute Gasteiger partial charge is 0.410 e. The summed E-state index contributed by atoms with van der Waals surface area (Å²) in [6, 6.07) is 0.779. The number of nitrogens with two attached hydrogens (primary N) is 3. The van der Waals surface area contributed by atoms with Crippen LogP contribution in [0.15, 0.2) is 25.3 Å². The highest BCUT2D eigenvalue weighted by molar-refractivity contribution is 14.1. The summed E-state index contributed by atoms with van der Waals surface area (Å²) < 4.78 is 31.5. The van der Waals surface area contributed by atoms with Crippen molar-refractivity contribution in [3.8, 4) is 0 Å². The van der Waals surface area contributed by atoms with Crippen LogP contribution in [0.4, 0.5) is 26.0 Å². The van der Waals surface area contributed by atoms with Crippen LogP contribution in [0.5, 0.6) is 0 Å². The number of aliphatic hydroxyl groups is 1. The van der Waals surface area contributed by atoms with Crippen molar-refractivity contribution in [3.05, 3.63) is 50.4 Å². The van der Waals surface area contributed by atoms with Gasteiger partial charge in [0.2, 0.25) is 0 Å². The van der Waals surface area contributed by atoms with Gasteiger partial charge in [0.25, 0.3) is 0 Å². The van der Waals surface area contributed by atoms with Crippen LogP contribution in [0.25, 0.3) is 44.1 Å². The van der Waals surface area contributed by atoms with Gasteiger partial charge in [-0.05, 0) is 217 Å². The minimum atomic E-state index is -0.476. The number of fused-ring (bicyclic) bond motifs is 4. The lowest BCUT2D eigenvalue weighted by Crippen LogP contribution is -2.42. The van der Waals surface area contributed by atoms with E-state index in [1.54, 1.807) is 21.6 Å². The topological polar surface area (TPSA) is 404 Å². The first-order valence-electron chi connectivity index (χ1n) is 30.8. The SMILES string of the molecule is CC(C)(C)OC(=O)N1CCC(O)CC1.CC(C)(C)OC(=O)N1CCC(n2nc(I)c3c(Cl)ncnc32)CC1.CC(C)(C)OC(=O)N1CCC(n2nc(I)c3c(N)ncnc32)CC1.Clc1ncnc2n[nH]c(I)c12.NO.Nc1ncnc2c1c(I)nn2C1CCNCC1.[2H]CC. The number of nitrogen functional groups attached to an aromatic ring is 2. The molecular weight excluding hydrogens is 1710 g/mol. The monoisotopic (exact) mass is 1800 g/mol. The van der Waals surface area contributed by atoms with Gasteiger partial charge in [-0.15, -0.1) is 0 Å². The van der Waals surface area contributed by atoms with Gasteiger partial charge in [0.05, 0.1) is 45.8 Å². The molecule has 0 unspecified atom stereocenters. The van der Waals surface area contributed by atoms with Gasteiger partial charge in [-0.2, -0.15) is 20.4 Å². The molecular formula is C57H83Cl2I4N23O8. The van der Waals surface area contributed by atoms with Gasteiger partial charge in [0.1, 0.15) is 78.9 Å². The number of rotatable bonds is 3. The van der Waals surface area contributed by atoms with Crippen LogP contribution in [0.3, 0.4) is 0 Å². The molecule has 4 aliphatic heterocycles. The number of ether oxygens (including phenoxy) is 3. The first-order chi connectivity index (χ1) is 44.9. The Balaban J connectivity index is 0.000000189. The first-order valence-corrected chi connectivity index (χ1v) is 35.2. The van der Waals surface area contributed by atoms with E-state index in [1.807, 2.05) is 76.4 Å². The van der Waals surface area contributed by atoms with Gasteiger partial charge in [0.15, 0.2) is 22.6 Å². The summed E-state index contributed by atoms with van der Waals surface area (Å²) in [6.07, 6.45) is 11.4. The van der Waals surface area contributed by atoms with Crippen molar-refractivity contribution < 1.29 is 40.3 Å². The number of nitrogens with zero attached hydrogens (tertiary/aromatic N) is 18.